The maximum atomic E-state index is 6.37. The summed E-state index contributed by atoms with van der Waals surface area (Å²) in [4.78, 5) is 4.64. The topological polar surface area (TPSA) is 35.2 Å². The molecule has 1 saturated carbocycles. The van der Waals surface area contributed by atoms with Crippen LogP contribution < -0.4 is 5.90 Å². The van der Waals surface area contributed by atoms with Crippen molar-refractivity contribution in [3.05, 3.63) is 34.3 Å². The summed E-state index contributed by atoms with van der Waals surface area (Å²) < 4.78 is 0. The molecular weight excluding hydrogens is 246 g/mol. The molecule has 0 aromatic heterocycles. The Kier molecular flexibility index (Phi) is 4.31. The van der Waals surface area contributed by atoms with Crippen LogP contribution in [-0.4, -0.2) is 0 Å². The van der Waals surface area contributed by atoms with Gasteiger partial charge in [-0.05, 0) is 54.2 Å². The second kappa shape index (κ2) is 5.60. The van der Waals surface area contributed by atoms with Gasteiger partial charge in [0, 0.05) is 5.02 Å². The van der Waals surface area contributed by atoms with Gasteiger partial charge in [-0.15, -0.1) is 0 Å². The van der Waals surface area contributed by atoms with Crippen molar-refractivity contribution in [2.45, 2.75) is 52.1 Å². The van der Waals surface area contributed by atoms with E-state index in [0.29, 0.717) is 17.9 Å². The average Bonchev–Trinajstić information content (AvgIpc) is 2.31. The first-order valence-electron chi connectivity index (χ1n) is 6.62. The average molecular weight is 268 g/mol. The van der Waals surface area contributed by atoms with Gasteiger partial charge in [0.15, 0.2) is 0 Å². The zero-order valence-corrected chi connectivity index (χ0v) is 12.0. The van der Waals surface area contributed by atoms with E-state index >= 15 is 0 Å². The summed E-state index contributed by atoms with van der Waals surface area (Å²) in [7, 11) is 0. The highest BCUT2D eigenvalue weighted by Gasteiger charge is 2.28. The molecule has 100 valence electrons. The Balaban J connectivity index is 2.10. The van der Waals surface area contributed by atoms with Crippen molar-refractivity contribution in [1.29, 1.82) is 0 Å². The molecule has 0 heterocycles. The van der Waals surface area contributed by atoms with Crippen molar-refractivity contribution in [3.8, 4) is 0 Å². The normalized spacial score (nSPS) is 20.0. The van der Waals surface area contributed by atoms with Crippen molar-refractivity contribution >= 4 is 11.6 Å². The molecule has 0 saturated heterocycles. The Morgan fingerprint density at radius 1 is 1.33 bits per heavy atom. The second-order valence-corrected chi connectivity index (χ2v) is 6.51. The molecule has 0 radical (unpaired) electrons. The van der Waals surface area contributed by atoms with E-state index in [1.807, 2.05) is 6.07 Å². The van der Waals surface area contributed by atoms with Gasteiger partial charge >= 0.3 is 0 Å². The Hall–Kier alpha value is -0.570. The molecule has 2 nitrogen and oxygen atoms in total. The van der Waals surface area contributed by atoms with Crippen molar-refractivity contribution in [2.24, 2.45) is 11.3 Å². The summed E-state index contributed by atoms with van der Waals surface area (Å²) in [6.45, 7) is 5.12. The van der Waals surface area contributed by atoms with Crippen LogP contribution in [-0.2, 0) is 11.4 Å². The van der Waals surface area contributed by atoms with Crippen molar-refractivity contribution in [1.82, 2.24) is 0 Å². The highest BCUT2D eigenvalue weighted by atomic mass is 35.5. The molecule has 0 atom stereocenters. The van der Waals surface area contributed by atoms with Crippen LogP contribution in [0.1, 0.15) is 56.6 Å². The fraction of sp³-hybridized carbons (Fsp3) is 0.600. The molecule has 0 unspecified atom stereocenters. The van der Waals surface area contributed by atoms with Crippen LogP contribution in [0.25, 0.3) is 0 Å². The highest BCUT2D eigenvalue weighted by Crippen LogP contribution is 2.44. The SMILES string of the molecule is CC1(C)CCC(c2ccc(CON)cc2Cl)CC1. The fourth-order valence-corrected chi connectivity index (χ4v) is 3.16. The van der Waals surface area contributed by atoms with Gasteiger partial charge in [-0.1, -0.05) is 37.6 Å². The van der Waals surface area contributed by atoms with Gasteiger partial charge in [-0.2, -0.15) is 0 Å². The Morgan fingerprint density at radius 2 is 2.00 bits per heavy atom. The van der Waals surface area contributed by atoms with Crippen LogP contribution in [0, 0.1) is 5.41 Å². The van der Waals surface area contributed by atoms with E-state index in [1.54, 1.807) is 0 Å². The van der Waals surface area contributed by atoms with Gasteiger partial charge in [0.25, 0.3) is 0 Å². The molecule has 1 fully saturated rings. The first-order chi connectivity index (χ1) is 8.52. The third-order valence-corrected chi connectivity index (χ3v) is 4.42. The lowest BCUT2D eigenvalue weighted by Crippen LogP contribution is -2.20. The Morgan fingerprint density at radius 3 is 2.56 bits per heavy atom. The second-order valence-electron chi connectivity index (χ2n) is 6.11. The summed E-state index contributed by atoms with van der Waals surface area (Å²) in [6.07, 6.45) is 5.03. The van der Waals surface area contributed by atoms with Crippen LogP contribution in [0.5, 0.6) is 0 Å². The summed E-state index contributed by atoms with van der Waals surface area (Å²) >= 11 is 6.37. The van der Waals surface area contributed by atoms with Crippen LogP contribution in [0.3, 0.4) is 0 Å². The van der Waals surface area contributed by atoms with Gasteiger partial charge in [-0.25, -0.2) is 5.90 Å². The van der Waals surface area contributed by atoms with Crippen LogP contribution in [0.2, 0.25) is 5.02 Å². The lowest BCUT2D eigenvalue weighted by Gasteiger charge is -2.34. The molecule has 18 heavy (non-hydrogen) atoms. The maximum absolute atomic E-state index is 6.37. The zero-order valence-electron chi connectivity index (χ0n) is 11.2. The smallest absolute Gasteiger partial charge is 0.0930 e. The largest absolute Gasteiger partial charge is 0.300 e. The number of nitrogens with two attached hydrogens (primary N) is 1. The quantitative estimate of drug-likeness (QED) is 0.823. The zero-order chi connectivity index (χ0) is 13.2. The molecule has 2 rings (SSSR count). The summed E-state index contributed by atoms with van der Waals surface area (Å²) in [6, 6.07) is 6.18. The van der Waals surface area contributed by atoms with Gasteiger partial charge < -0.3 is 0 Å². The van der Waals surface area contributed by atoms with E-state index in [4.69, 9.17) is 17.5 Å². The third kappa shape index (κ3) is 3.25. The maximum Gasteiger partial charge on any atom is 0.0930 e. The number of benzene rings is 1. The van der Waals surface area contributed by atoms with Crippen molar-refractivity contribution in [2.75, 3.05) is 0 Å². The van der Waals surface area contributed by atoms with Crippen LogP contribution >= 0.6 is 11.6 Å². The van der Waals surface area contributed by atoms with Gasteiger partial charge in [0.1, 0.15) is 0 Å². The van der Waals surface area contributed by atoms with E-state index in [1.165, 1.54) is 31.2 Å². The first-order valence-corrected chi connectivity index (χ1v) is 7.00. The van der Waals surface area contributed by atoms with E-state index < -0.39 is 0 Å². The number of halogens is 1. The predicted octanol–water partition coefficient (Wildman–Crippen LogP) is 4.41. The first kappa shape index (κ1) is 13.9. The predicted molar refractivity (Wildman–Crippen MR) is 75.4 cm³/mol. The minimum Gasteiger partial charge on any atom is -0.300 e. The molecule has 0 bridgehead atoms. The van der Waals surface area contributed by atoms with Crippen molar-refractivity contribution < 1.29 is 4.84 Å². The van der Waals surface area contributed by atoms with Crippen LogP contribution in [0.15, 0.2) is 18.2 Å². The molecule has 2 N–H and O–H groups in total. The number of hydrogen-bond donors (Lipinski definition) is 1. The number of rotatable bonds is 3. The fourth-order valence-electron chi connectivity index (χ4n) is 2.80. The lowest BCUT2D eigenvalue weighted by molar-refractivity contribution is 0.124. The van der Waals surface area contributed by atoms with Crippen molar-refractivity contribution in [3.63, 3.8) is 0 Å². The molecule has 3 heteroatoms. The van der Waals surface area contributed by atoms with Crippen LogP contribution in [0.4, 0.5) is 0 Å². The Labute approximate surface area is 114 Å². The molecule has 1 aliphatic carbocycles. The third-order valence-electron chi connectivity index (χ3n) is 4.09. The summed E-state index contributed by atoms with van der Waals surface area (Å²) in [5.74, 6) is 5.69. The molecule has 1 aromatic rings. The minimum atomic E-state index is 0.414. The van der Waals surface area contributed by atoms with E-state index in [2.05, 4.69) is 30.8 Å². The molecule has 0 spiro atoms. The van der Waals surface area contributed by atoms with Gasteiger partial charge in [0.05, 0.1) is 6.61 Å². The van der Waals surface area contributed by atoms with Gasteiger partial charge in [0.2, 0.25) is 0 Å². The molecule has 1 aliphatic rings. The highest BCUT2D eigenvalue weighted by molar-refractivity contribution is 6.31. The van der Waals surface area contributed by atoms with E-state index in [-0.39, 0.29) is 0 Å². The van der Waals surface area contributed by atoms with Gasteiger partial charge in [-0.3, -0.25) is 4.84 Å². The monoisotopic (exact) mass is 267 g/mol. The molecule has 0 aliphatic heterocycles. The van der Waals surface area contributed by atoms with E-state index in [0.717, 1.165) is 10.6 Å². The lowest BCUT2D eigenvalue weighted by atomic mass is 9.71. The number of hydrogen-bond acceptors (Lipinski definition) is 2. The summed E-state index contributed by atoms with van der Waals surface area (Å²) in [5.41, 5.74) is 2.81. The molecule has 1 aromatic carbocycles. The molecule has 0 amide bonds. The Bertz CT molecular complexity index is 407. The molecular formula is C15H22ClNO. The minimum absolute atomic E-state index is 0.414. The summed E-state index contributed by atoms with van der Waals surface area (Å²) in [5, 5.41) is 0.856. The van der Waals surface area contributed by atoms with E-state index in [9.17, 15) is 0 Å². The standard InChI is InChI=1S/C15H22ClNO/c1-15(2)7-5-12(6-8-15)13-4-3-11(10-18-17)9-14(13)16/h3-4,9,12H,5-8,10,17H2,1-2H3.